The van der Waals surface area contributed by atoms with E-state index in [9.17, 15) is 17.6 Å². The maximum atomic E-state index is 13.6. The summed E-state index contributed by atoms with van der Waals surface area (Å²) >= 11 is 0. The van der Waals surface area contributed by atoms with Crippen molar-refractivity contribution in [1.29, 1.82) is 0 Å². The predicted molar refractivity (Wildman–Crippen MR) is 101 cm³/mol. The van der Waals surface area contributed by atoms with Crippen molar-refractivity contribution in [3.63, 3.8) is 0 Å². The number of halogens is 1. The molecule has 144 valence electrons. The van der Waals surface area contributed by atoms with Crippen LogP contribution < -0.4 is 18.7 Å². The molecule has 0 aliphatic carbocycles. The van der Waals surface area contributed by atoms with Gasteiger partial charge < -0.3 is 10.1 Å². The lowest BCUT2D eigenvalue weighted by molar-refractivity contribution is -0.127. The van der Waals surface area contributed by atoms with E-state index < -0.39 is 28.0 Å². The van der Waals surface area contributed by atoms with Crippen molar-refractivity contribution >= 4 is 27.5 Å². The molecule has 1 heterocycles. The number of amides is 1. The minimum Gasteiger partial charge on any atom is -0.478 e. The number of nitrogens with one attached hydrogen (secondary N) is 1. The van der Waals surface area contributed by atoms with Gasteiger partial charge in [0.05, 0.1) is 17.9 Å². The van der Waals surface area contributed by atoms with Gasteiger partial charge in [-0.15, -0.1) is 0 Å². The lowest BCUT2D eigenvalue weighted by atomic mass is 10.2. The lowest BCUT2D eigenvalue weighted by Crippen LogP contribution is -2.43. The van der Waals surface area contributed by atoms with Crippen LogP contribution in [-0.2, 0) is 15.0 Å². The maximum absolute atomic E-state index is 13.6. The van der Waals surface area contributed by atoms with Gasteiger partial charge in [0.2, 0.25) is 0 Å². The fourth-order valence-corrected chi connectivity index (χ4v) is 4.21. The van der Waals surface area contributed by atoms with Crippen molar-refractivity contribution in [3.8, 4) is 5.75 Å². The highest BCUT2D eigenvalue weighted by atomic mass is 32.2. The molecule has 0 unspecified atom stereocenters. The third-order valence-corrected chi connectivity index (χ3v) is 6.06. The molecule has 7 nitrogen and oxygen atoms in total. The number of hydrogen-bond donors (Lipinski definition) is 1. The number of para-hydroxylation sites is 3. The monoisotopic (exact) mass is 393 g/mol. The molecule has 9 heteroatoms. The van der Waals surface area contributed by atoms with Gasteiger partial charge in [-0.2, -0.15) is 8.42 Å². The van der Waals surface area contributed by atoms with Crippen molar-refractivity contribution in [3.05, 3.63) is 54.3 Å². The van der Waals surface area contributed by atoms with Crippen molar-refractivity contribution in [2.24, 2.45) is 0 Å². The third kappa shape index (κ3) is 3.68. The first-order valence-corrected chi connectivity index (χ1v) is 9.76. The molecule has 1 amide bonds. The maximum Gasteiger partial charge on any atom is 0.326 e. The van der Waals surface area contributed by atoms with Crippen LogP contribution in [0.5, 0.6) is 5.75 Å². The molecular weight excluding hydrogens is 373 g/mol. The van der Waals surface area contributed by atoms with Crippen LogP contribution in [0.1, 0.15) is 6.92 Å². The number of anilines is 2. The normalized spacial score (nSPS) is 16.0. The number of ether oxygens (including phenoxy) is 1. The predicted octanol–water partition coefficient (Wildman–Crippen LogP) is 1.91. The Morgan fingerprint density at radius 3 is 2.48 bits per heavy atom. The van der Waals surface area contributed by atoms with Gasteiger partial charge in [-0.1, -0.05) is 24.3 Å². The highest BCUT2D eigenvalue weighted by Crippen LogP contribution is 2.38. The largest absolute Gasteiger partial charge is 0.478 e. The lowest BCUT2D eigenvalue weighted by Gasteiger charge is -2.20. The molecule has 0 spiro atoms. The van der Waals surface area contributed by atoms with Crippen molar-refractivity contribution in [1.82, 2.24) is 5.32 Å². The molecule has 0 fully saturated rings. The molecule has 1 aliphatic rings. The summed E-state index contributed by atoms with van der Waals surface area (Å²) in [6.07, 6.45) is -0.924. The van der Waals surface area contributed by atoms with Crippen LogP contribution in [0.25, 0.3) is 0 Å². The van der Waals surface area contributed by atoms with E-state index in [1.165, 1.54) is 40.8 Å². The van der Waals surface area contributed by atoms with Crippen LogP contribution in [0.4, 0.5) is 15.8 Å². The number of carbonyl (C=O) groups is 1. The van der Waals surface area contributed by atoms with Crippen LogP contribution in [0, 0.1) is 5.82 Å². The fraction of sp³-hybridized carbons (Fsp3) is 0.278. The molecule has 0 aromatic heterocycles. The Bertz CT molecular complexity index is 951. The summed E-state index contributed by atoms with van der Waals surface area (Å²) in [5.41, 5.74) is 1.14. The van der Waals surface area contributed by atoms with Gasteiger partial charge in [-0.05, 0) is 31.2 Å². The van der Waals surface area contributed by atoms with Crippen LogP contribution >= 0.6 is 0 Å². The Labute approximate surface area is 157 Å². The number of carbonyl (C=O) groups excluding carboxylic acids is 1. The fourth-order valence-electron chi connectivity index (χ4n) is 2.78. The van der Waals surface area contributed by atoms with Gasteiger partial charge in [-0.25, -0.2) is 8.70 Å². The van der Waals surface area contributed by atoms with Gasteiger partial charge in [0.1, 0.15) is 0 Å². The Kier molecular flexibility index (Phi) is 5.22. The summed E-state index contributed by atoms with van der Waals surface area (Å²) < 4.78 is 46.4. The quantitative estimate of drug-likeness (QED) is 0.813. The summed E-state index contributed by atoms with van der Waals surface area (Å²) in [5, 5.41) is 2.62. The number of hydrogen-bond acceptors (Lipinski definition) is 4. The molecule has 2 aromatic carbocycles. The zero-order chi connectivity index (χ0) is 19.6. The van der Waals surface area contributed by atoms with Gasteiger partial charge in [0, 0.05) is 13.6 Å². The summed E-state index contributed by atoms with van der Waals surface area (Å²) in [4.78, 5) is 12.2. The SMILES string of the molecule is C[C@H](Oc1ccccc1F)C(=O)NCCN1c2ccccc2N(C)S1(=O)=O. The highest BCUT2D eigenvalue weighted by molar-refractivity contribution is 7.94. The van der Waals surface area contributed by atoms with E-state index in [1.54, 1.807) is 30.3 Å². The molecule has 3 rings (SSSR count). The van der Waals surface area contributed by atoms with Gasteiger partial charge in [0.15, 0.2) is 17.7 Å². The van der Waals surface area contributed by atoms with Gasteiger partial charge >= 0.3 is 10.2 Å². The van der Waals surface area contributed by atoms with Crippen LogP contribution in [0.2, 0.25) is 0 Å². The van der Waals surface area contributed by atoms with Crippen LogP contribution in [0.3, 0.4) is 0 Å². The average Bonchev–Trinajstić information content (AvgIpc) is 2.84. The minimum absolute atomic E-state index is 0.0159. The first-order valence-electron chi connectivity index (χ1n) is 8.37. The standard InChI is InChI=1S/C18H20FN3O4S/c1-13(26-17-10-6-3-7-14(17)19)18(23)20-11-12-22-16-9-5-4-8-15(16)21(2)27(22,24)25/h3-10,13H,11-12H2,1-2H3,(H,20,23)/t13-/m0/s1. The molecule has 2 aromatic rings. The second kappa shape index (κ2) is 7.43. The zero-order valence-electron chi connectivity index (χ0n) is 14.9. The summed E-state index contributed by atoms with van der Waals surface area (Å²) in [6, 6.07) is 12.8. The summed E-state index contributed by atoms with van der Waals surface area (Å²) in [5.74, 6) is -1.03. The first kappa shape index (κ1) is 19.0. The topological polar surface area (TPSA) is 79.0 Å². The molecule has 0 bridgehead atoms. The molecule has 1 atom stereocenters. The summed E-state index contributed by atoms with van der Waals surface area (Å²) in [7, 11) is -2.18. The Hall–Kier alpha value is -2.81. The second-order valence-corrected chi connectivity index (χ2v) is 7.90. The molecular formula is C18H20FN3O4S. The molecule has 0 saturated heterocycles. The number of rotatable bonds is 6. The highest BCUT2D eigenvalue weighted by Gasteiger charge is 2.37. The third-order valence-electron chi connectivity index (χ3n) is 4.24. The van der Waals surface area contributed by atoms with Crippen LogP contribution in [-0.4, -0.2) is 40.6 Å². The average molecular weight is 393 g/mol. The molecule has 27 heavy (non-hydrogen) atoms. The van der Waals surface area contributed by atoms with Gasteiger partial charge in [0.25, 0.3) is 5.91 Å². The zero-order valence-corrected chi connectivity index (χ0v) is 15.7. The van der Waals surface area contributed by atoms with E-state index in [4.69, 9.17) is 4.74 Å². The smallest absolute Gasteiger partial charge is 0.326 e. The number of nitrogens with zero attached hydrogens (tertiary/aromatic N) is 2. The second-order valence-electron chi connectivity index (χ2n) is 6.02. The van der Waals surface area contributed by atoms with Crippen LogP contribution in [0.15, 0.2) is 48.5 Å². The van der Waals surface area contributed by atoms with E-state index in [-0.39, 0.29) is 18.8 Å². The van der Waals surface area contributed by atoms with Crippen molar-refractivity contribution in [2.45, 2.75) is 13.0 Å². The number of fused-ring (bicyclic) bond motifs is 1. The first-order chi connectivity index (χ1) is 12.8. The minimum atomic E-state index is -3.66. The Balaban J connectivity index is 1.59. The van der Waals surface area contributed by atoms with E-state index in [2.05, 4.69) is 5.32 Å². The molecule has 0 radical (unpaired) electrons. The van der Waals surface area contributed by atoms with E-state index in [0.29, 0.717) is 11.4 Å². The Morgan fingerprint density at radius 1 is 1.15 bits per heavy atom. The summed E-state index contributed by atoms with van der Waals surface area (Å²) in [6.45, 7) is 1.66. The van der Waals surface area contributed by atoms with Crippen molar-refractivity contribution in [2.75, 3.05) is 28.7 Å². The molecule has 1 aliphatic heterocycles. The van der Waals surface area contributed by atoms with E-state index in [1.807, 2.05) is 0 Å². The molecule has 0 saturated carbocycles. The van der Waals surface area contributed by atoms with E-state index >= 15 is 0 Å². The Morgan fingerprint density at radius 2 is 1.78 bits per heavy atom. The van der Waals surface area contributed by atoms with E-state index in [0.717, 1.165) is 0 Å². The van der Waals surface area contributed by atoms with Gasteiger partial charge in [-0.3, -0.25) is 9.10 Å². The number of benzene rings is 2. The molecule has 1 N–H and O–H groups in total. The van der Waals surface area contributed by atoms with Crippen molar-refractivity contribution < 1.29 is 22.3 Å².